The first-order chi connectivity index (χ1) is 12.4. The number of carboxylic acid groups (broad SMARTS) is 1. The fraction of sp³-hybridized carbons (Fsp3) is 0.636. The fourth-order valence-electron chi connectivity index (χ4n) is 4.83. The molecule has 0 spiro atoms. The van der Waals surface area contributed by atoms with Gasteiger partial charge in [0.15, 0.2) is 0 Å². The number of aromatic carboxylic acids is 1. The maximum absolute atomic E-state index is 13.1. The number of hydrogen-bond donors (Lipinski definition) is 1. The average molecular weight is 393 g/mol. The van der Waals surface area contributed by atoms with E-state index in [9.17, 15) is 14.7 Å². The molecule has 1 unspecified atom stereocenters. The van der Waals surface area contributed by atoms with Crippen LogP contribution in [0.15, 0.2) is 24.3 Å². The Hall–Kier alpha value is -1.62. The SMILES string of the molecule is CCC(C)CC(C)(C)[Si](OC(=O)c1ccccc1C(=O)O)(C(C)C)C(C)C. The van der Waals surface area contributed by atoms with Crippen LogP contribution in [-0.2, 0) is 4.43 Å². The van der Waals surface area contributed by atoms with Gasteiger partial charge in [-0.15, -0.1) is 0 Å². The van der Waals surface area contributed by atoms with E-state index in [-0.39, 0.29) is 27.2 Å². The van der Waals surface area contributed by atoms with E-state index in [2.05, 4.69) is 55.4 Å². The van der Waals surface area contributed by atoms with Crippen LogP contribution in [0.5, 0.6) is 0 Å². The van der Waals surface area contributed by atoms with Gasteiger partial charge >= 0.3 is 11.9 Å². The Morgan fingerprint density at radius 3 is 1.93 bits per heavy atom. The molecule has 0 amide bonds. The molecule has 1 aromatic carbocycles. The Kier molecular flexibility index (Phi) is 7.84. The van der Waals surface area contributed by atoms with E-state index in [4.69, 9.17) is 4.43 Å². The molecular weight excluding hydrogens is 356 g/mol. The minimum Gasteiger partial charge on any atom is -0.514 e. The molecule has 27 heavy (non-hydrogen) atoms. The Morgan fingerprint density at radius 2 is 1.52 bits per heavy atom. The van der Waals surface area contributed by atoms with E-state index >= 15 is 0 Å². The van der Waals surface area contributed by atoms with Crippen LogP contribution < -0.4 is 0 Å². The Bertz CT molecular complexity index is 656. The number of carbonyl (C=O) groups is 2. The van der Waals surface area contributed by atoms with Gasteiger partial charge in [0.25, 0.3) is 8.32 Å². The van der Waals surface area contributed by atoms with Crippen LogP contribution in [0.2, 0.25) is 16.1 Å². The summed E-state index contributed by atoms with van der Waals surface area (Å²) in [6.07, 6.45) is 2.07. The molecule has 0 radical (unpaired) electrons. The van der Waals surface area contributed by atoms with Crippen molar-refractivity contribution in [2.45, 2.75) is 84.4 Å². The zero-order valence-electron chi connectivity index (χ0n) is 18.1. The van der Waals surface area contributed by atoms with Crippen molar-refractivity contribution in [2.24, 2.45) is 5.92 Å². The van der Waals surface area contributed by atoms with Crippen molar-refractivity contribution in [3.05, 3.63) is 35.4 Å². The topological polar surface area (TPSA) is 63.6 Å². The third kappa shape index (κ3) is 4.81. The quantitative estimate of drug-likeness (QED) is 0.486. The highest BCUT2D eigenvalue weighted by Crippen LogP contribution is 2.54. The van der Waals surface area contributed by atoms with Crippen LogP contribution in [0, 0.1) is 5.92 Å². The predicted molar refractivity (Wildman–Crippen MR) is 113 cm³/mol. The molecule has 4 nitrogen and oxygen atoms in total. The largest absolute Gasteiger partial charge is 0.514 e. The van der Waals surface area contributed by atoms with Crippen molar-refractivity contribution in [3.8, 4) is 0 Å². The summed E-state index contributed by atoms with van der Waals surface area (Å²) < 4.78 is 6.38. The first-order valence-corrected chi connectivity index (χ1v) is 12.0. The van der Waals surface area contributed by atoms with Gasteiger partial charge in [0.2, 0.25) is 0 Å². The van der Waals surface area contributed by atoms with Crippen molar-refractivity contribution in [3.63, 3.8) is 0 Å². The summed E-state index contributed by atoms with van der Waals surface area (Å²) in [7, 11) is -2.60. The highest BCUT2D eigenvalue weighted by molar-refractivity contribution is 6.80. The summed E-state index contributed by atoms with van der Waals surface area (Å²) in [6, 6.07) is 6.31. The van der Waals surface area contributed by atoms with Gasteiger partial charge in [0.1, 0.15) is 0 Å². The van der Waals surface area contributed by atoms with Crippen LogP contribution in [0.3, 0.4) is 0 Å². The smallest absolute Gasteiger partial charge is 0.336 e. The first-order valence-electron chi connectivity index (χ1n) is 9.96. The van der Waals surface area contributed by atoms with Crippen molar-refractivity contribution in [1.82, 2.24) is 0 Å². The molecule has 1 aromatic rings. The summed E-state index contributed by atoms with van der Waals surface area (Å²) in [5.74, 6) is -1.07. The van der Waals surface area contributed by atoms with Crippen molar-refractivity contribution in [2.75, 3.05) is 0 Å². The van der Waals surface area contributed by atoms with Gasteiger partial charge in [0, 0.05) is 0 Å². The summed E-state index contributed by atoms with van der Waals surface area (Å²) in [5, 5.41) is 9.32. The summed E-state index contributed by atoms with van der Waals surface area (Å²) in [4.78, 5) is 24.7. The molecule has 1 atom stereocenters. The Morgan fingerprint density at radius 1 is 1.04 bits per heavy atom. The van der Waals surface area contributed by atoms with E-state index in [1.165, 1.54) is 6.07 Å². The molecule has 0 saturated carbocycles. The van der Waals surface area contributed by atoms with E-state index < -0.39 is 20.3 Å². The summed E-state index contributed by atoms with van der Waals surface area (Å²) >= 11 is 0. The molecule has 0 bridgehead atoms. The predicted octanol–water partition coefficient (Wildman–Crippen LogP) is 6.52. The van der Waals surface area contributed by atoms with Gasteiger partial charge < -0.3 is 9.53 Å². The van der Waals surface area contributed by atoms with Gasteiger partial charge in [-0.2, -0.15) is 0 Å². The zero-order chi connectivity index (χ0) is 21.0. The molecule has 152 valence electrons. The number of benzene rings is 1. The van der Waals surface area contributed by atoms with Crippen molar-refractivity contribution in [1.29, 1.82) is 0 Å². The first kappa shape index (κ1) is 23.4. The second-order valence-corrected chi connectivity index (χ2v) is 14.4. The van der Waals surface area contributed by atoms with E-state index in [0.29, 0.717) is 5.92 Å². The minimum atomic E-state index is -2.60. The zero-order valence-corrected chi connectivity index (χ0v) is 19.1. The normalized spacial score (nSPS) is 13.7. The lowest BCUT2D eigenvalue weighted by atomic mass is 9.96. The van der Waals surface area contributed by atoms with Crippen LogP contribution >= 0.6 is 0 Å². The maximum atomic E-state index is 13.1. The highest BCUT2D eigenvalue weighted by atomic mass is 28.4. The maximum Gasteiger partial charge on any atom is 0.336 e. The number of carbonyl (C=O) groups excluding carboxylic acids is 1. The fourth-order valence-corrected chi connectivity index (χ4v) is 11.1. The average Bonchev–Trinajstić information content (AvgIpc) is 2.57. The monoisotopic (exact) mass is 392 g/mol. The summed E-state index contributed by atoms with van der Waals surface area (Å²) in [6.45, 7) is 17.4. The lowest BCUT2D eigenvalue weighted by Gasteiger charge is -2.50. The van der Waals surface area contributed by atoms with Gasteiger partial charge in [-0.1, -0.05) is 73.9 Å². The molecule has 5 heteroatoms. The molecule has 0 saturated heterocycles. The van der Waals surface area contributed by atoms with Gasteiger partial charge in [-0.25, -0.2) is 9.59 Å². The van der Waals surface area contributed by atoms with Crippen LogP contribution in [-0.4, -0.2) is 25.4 Å². The summed E-state index contributed by atoms with van der Waals surface area (Å²) in [5.41, 5.74) is 0.579. The molecule has 0 aromatic heterocycles. The number of carboxylic acids is 1. The van der Waals surface area contributed by atoms with Gasteiger partial charge in [-0.3, -0.25) is 0 Å². The van der Waals surface area contributed by atoms with Gasteiger partial charge in [-0.05, 0) is 40.6 Å². The molecular formula is C22H36O4Si. The number of hydrogen-bond acceptors (Lipinski definition) is 3. The van der Waals surface area contributed by atoms with Crippen molar-refractivity contribution >= 4 is 20.3 Å². The molecule has 0 fully saturated rings. The molecule has 1 rings (SSSR count). The Labute approximate surface area is 165 Å². The molecule has 0 aliphatic heterocycles. The van der Waals surface area contributed by atoms with Crippen LogP contribution in [0.25, 0.3) is 0 Å². The molecule has 0 heterocycles. The lowest BCUT2D eigenvalue weighted by molar-refractivity contribution is 0.0650. The second kappa shape index (κ2) is 9.05. The van der Waals surface area contributed by atoms with Crippen LogP contribution in [0.4, 0.5) is 0 Å². The molecule has 1 N–H and O–H groups in total. The lowest BCUT2D eigenvalue weighted by Crippen LogP contribution is -2.55. The van der Waals surface area contributed by atoms with Crippen molar-refractivity contribution < 1.29 is 19.1 Å². The third-order valence-corrected chi connectivity index (χ3v) is 12.2. The minimum absolute atomic E-state index is 0.00218. The third-order valence-electron chi connectivity index (χ3n) is 5.97. The van der Waals surface area contributed by atoms with Crippen LogP contribution in [0.1, 0.15) is 88.9 Å². The molecule has 0 aliphatic rings. The number of rotatable bonds is 9. The van der Waals surface area contributed by atoms with E-state index in [1.54, 1.807) is 18.2 Å². The molecule has 0 aliphatic carbocycles. The van der Waals surface area contributed by atoms with E-state index in [1.807, 2.05) is 0 Å². The Balaban J connectivity index is 3.43. The highest BCUT2D eigenvalue weighted by Gasteiger charge is 2.57. The standard InChI is InChI=1S/C22H36O4Si/c1-9-17(6)14-22(7,8)27(15(2)3,16(4)5)26-21(25)19-13-11-10-12-18(19)20(23)24/h10-13,15-17H,9,14H2,1-8H3,(H,23,24). The van der Waals surface area contributed by atoms with Gasteiger partial charge in [0.05, 0.1) is 11.1 Å². The van der Waals surface area contributed by atoms with E-state index in [0.717, 1.165) is 12.8 Å². The second-order valence-electron chi connectivity index (χ2n) is 8.94.